The van der Waals surface area contributed by atoms with Crippen molar-refractivity contribution < 1.29 is 9.59 Å². The fraction of sp³-hybridized carbons (Fsp3) is 0.636. The maximum atomic E-state index is 12.9. The van der Waals surface area contributed by atoms with Crippen molar-refractivity contribution >= 4 is 17.5 Å². The van der Waals surface area contributed by atoms with Crippen molar-refractivity contribution in [2.45, 2.75) is 58.8 Å². The monoisotopic (exact) mass is 354 g/mol. The van der Waals surface area contributed by atoms with Crippen LogP contribution in [0.4, 0.5) is 5.69 Å². The Hall–Kier alpha value is -1.84. The molecule has 0 unspecified atom stereocenters. The molecule has 0 aliphatic heterocycles. The topological polar surface area (TPSA) is 58.2 Å². The number of rotatable bonds is 5. The summed E-state index contributed by atoms with van der Waals surface area (Å²) in [5.74, 6) is 2.46. The number of carbonyl (C=O) groups excluding carboxylic acids is 2. The van der Waals surface area contributed by atoms with Gasteiger partial charge < -0.3 is 10.6 Å². The van der Waals surface area contributed by atoms with Crippen LogP contribution in [0.15, 0.2) is 18.2 Å². The van der Waals surface area contributed by atoms with E-state index in [0.29, 0.717) is 13.0 Å². The van der Waals surface area contributed by atoms with Gasteiger partial charge in [-0.05, 0) is 81.8 Å². The van der Waals surface area contributed by atoms with E-state index in [4.69, 9.17) is 0 Å². The zero-order chi connectivity index (χ0) is 18.3. The fourth-order valence-electron chi connectivity index (χ4n) is 6.03. The summed E-state index contributed by atoms with van der Waals surface area (Å²) < 4.78 is 0. The van der Waals surface area contributed by atoms with Crippen LogP contribution in [0.5, 0.6) is 0 Å². The highest BCUT2D eigenvalue weighted by molar-refractivity contribution is 5.92. The molecule has 26 heavy (non-hydrogen) atoms. The van der Waals surface area contributed by atoms with Crippen LogP contribution in [0.1, 0.15) is 56.1 Å². The summed E-state index contributed by atoms with van der Waals surface area (Å²) in [5.41, 5.74) is 2.98. The number of aryl methyl sites for hydroxylation is 2. The van der Waals surface area contributed by atoms with Crippen LogP contribution in [0.25, 0.3) is 0 Å². The second-order valence-corrected chi connectivity index (χ2v) is 9.07. The lowest BCUT2D eigenvalue weighted by molar-refractivity contribution is -0.146. The first-order valence-electron chi connectivity index (χ1n) is 10.1. The van der Waals surface area contributed by atoms with E-state index in [9.17, 15) is 9.59 Å². The average Bonchev–Trinajstić information content (AvgIpc) is 2.56. The lowest BCUT2D eigenvalue weighted by Crippen LogP contribution is -2.53. The molecule has 0 radical (unpaired) electrons. The Kier molecular flexibility index (Phi) is 4.54. The van der Waals surface area contributed by atoms with Gasteiger partial charge in [-0.25, -0.2) is 0 Å². The van der Waals surface area contributed by atoms with Gasteiger partial charge in [-0.1, -0.05) is 17.7 Å². The van der Waals surface area contributed by atoms with Crippen LogP contribution in [0, 0.1) is 37.0 Å². The predicted molar refractivity (Wildman–Crippen MR) is 103 cm³/mol. The third-order valence-corrected chi connectivity index (χ3v) is 6.81. The molecule has 4 heteroatoms. The third-order valence-electron chi connectivity index (χ3n) is 6.81. The Morgan fingerprint density at radius 1 is 1.04 bits per heavy atom. The number of nitrogens with one attached hydrogen (secondary N) is 2. The number of hydrogen-bond donors (Lipinski definition) is 2. The second kappa shape index (κ2) is 6.71. The molecule has 0 aromatic heterocycles. The number of carbonyl (C=O) groups is 2. The first-order valence-corrected chi connectivity index (χ1v) is 10.1. The largest absolute Gasteiger partial charge is 0.355 e. The Morgan fingerprint density at radius 2 is 1.65 bits per heavy atom. The van der Waals surface area contributed by atoms with Gasteiger partial charge in [0, 0.05) is 24.1 Å². The molecule has 2 amide bonds. The first-order chi connectivity index (χ1) is 12.4. The summed E-state index contributed by atoms with van der Waals surface area (Å²) in [6.07, 6.45) is 7.55. The Labute approximate surface area is 156 Å². The summed E-state index contributed by atoms with van der Waals surface area (Å²) >= 11 is 0. The lowest BCUT2D eigenvalue weighted by atomic mass is 9.49. The molecule has 4 fully saturated rings. The average molecular weight is 354 g/mol. The summed E-state index contributed by atoms with van der Waals surface area (Å²) in [6.45, 7) is 4.47. The molecule has 4 bridgehead atoms. The number of amides is 2. The van der Waals surface area contributed by atoms with Gasteiger partial charge in [0.1, 0.15) is 0 Å². The Morgan fingerprint density at radius 3 is 2.23 bits per heavy atom. The van der Waals surface area contributed by atoms with Gasteiger partial charge in [0.25, 0.3) is 0 Å². The normalized spacial score (nSPS) is 31.7. The van der Waals surface area contributed by atoms with Gasteiger partial charge >= 0.3 is 0 Å². The highest BCUT2D eigenvalue weighted by Crippen LogP contribution is 2.60. The minimum absolute atomic E-state index is 0.0391. The van der Waals surface area contributed by atoms with Crippen molar-refractivity contribution in [1.82, 2.24) is 5.32 Å². The van der Waals surface area contributed by atoms with Gasteiger partial charge in [-0.3, -0.25) is 9.59 Å². The second-order valence-electron chi connectivity index (χ2n) is 9.07. The number of anilines is 1. The van der Waals surface area contributed by atoms with Crippen LogP contribution in [-0.2, 0) is 9.59 Å². The van der Waals surface area contributed by atoms with Crippen molar-refractivity contribution in [2.24, 2.45) is 23.2 Å². The summed E-state index contributed by atoms with van der Waals surface area (Å²) in [6, 6.07) is 6.00. The Bertz CT molecular complexity index is 690. The first kappa shape index (κ1) is 17.6. The van der Waals surface area contributed by atoms with E-state index >= 15 is 0 Å². The van der Waals surface area contributed by atoms with E-state index in [1.54, 1.807) is 0 Å². The molecular weight excluding hydrogens is 324 g/mol. The van der Waals surface area contributed by atoms with E-state index in [1.165, 1.54) is 24.8 Å². The van der Waals surface area contributed by atoms with Crippen LogP contribution in [-0.4, -0.2) is 18.4 Å². The molecule has 140 valence electrons. The molecule has 1 aromatic rings. The predicted octanol–water partition coefficient (Wildman–Crippen LogP) is 3.96. The molecule has 2 N–H and O–H groups in total. The lowest BCUT2D eigenvalue weighted by Gasteiger charge is -2.55. The number of benzene rings is 1. The number of hydrogen-bond acceptors (Lipinski definition) is 2. The highest BCUT2D eigenvalue weighted by Gasteiger charge is 2.54. The quantitative estimate of drug-likeness (QED) is 0.841. The zero-order valence-corrected chi connectivity index (χ0v) is 15.9. The molecule has 1 aromatic carbocycles. The minimum atomic E-state index is -0.126. The molecular formula is C22H30N2O2. The van der Waals surface area contributed by atoms with E-state index in [2.05, 4.69) is 16.7 Å². The van der Waals surface area contributed by atoms with Gasteiger partial charge in [0.05, 0.1) is 0 Å². The van der Waals surface area contributed by atoms with Crippen LogP contribution >= 0.6 is 0 Å². The molecule has 4 aliphatic rings. The van der Waals surface area contributed by atoms with Crippen molar-refractivity contribution in [3.8, 4) is 0 Å². The van der Waals surface area contributed by atoms with Crippen molar-refractivity contribution in [2.75, 3.05) is 11.9 Å². The molecule has 4 nitrogen and oxygen atoms in total. The third kappa shape index (κ3) is 3.38. The van der Waals surface area contributed by atoms with Crippen molar-refractivity contribution in [3.05, 3.63) is 29.3 Å². The molecule has 0 heterocycles. The van der Waals surface area contributed by atoms with Gasteiger partial charge in [-0.15, -0.1) is 0 Å². The molecule has 0 atom stereocenters. The molecule has 4 saturated carbocycles. The fourth-order valence-corrected chi connectivity index (χ4v) is 6.03. The van der Waals surface area contributed by atoms with E-state index < -0.39 is 0 Å². The summed E-state index contributed by atoms with van der Waals surface area (Å²) in [7, 11) is 0. The molecule has 4 aliphatic carbocycles. The summed E-state index contributed by atoms with van der Waals surface area (Å²) in [5, 5.41) is 6.04. The van der Waals surface area contributed by atoms with Crippen molar-refractivity contribution in [1.29, 1.82) is 0 Å². The maximum absolute atomic E-state index is 12.9. The highest BCUT2D eigenvalue weighted by atomic mass is 16.2. The van der Waals surface area contributed by atoms with Gasteiger partial charge in [0.2, 0.25) is 11.8 Å². The maximum Gasteiger partial charge on any atom is 0.226 e. The SMILES string of the molecule is Cc1ccc(NC(=O)CCNC(=O)C23CC4CC(CC(C4)C2)C3)c(C)c1. The Balaban J connectivity index is 1.28. The van der Waals surface area contributed by atoms with Gasteiger partial charge in [-0.2, -0.15) is 0 Å². The zero-order valence-electron chi connectivity index (χ0n) is 15.9. The summed E-state index contributed by atoms with van der Waals surface area (Å²) in [4.78, 5) is 25.1. The minimum Gasteiger partial charge on any atom is -0.355 e. The van der Waals surface area contributed by atoms with Crippen LogP contribution in [0.2, 0.25) is 0 Å². The van der Waals surface area contributed by atoms with E-state index in [0.717, 1.165) is 48.3 Å². The van der Waals surface area contributed by atoms with Crippen LogP contribution < -0.4 is 10.6 Å². The van der Waals surface area contributed by atoms with Crippen LogP contribution in [0.3, 0.4) is 0 Å². The molecule has 0 saturated heterocycles. The van der Waals surface area contributed by atoms with Gasteiger partial charge in [0.15, 0.2) is 0 Å². The smallest absolute Gasteiger partial charge is 0.226 e. The standard InChI is InChI=1S/C22H30N2O2/c1-14-3-4-19(15(2)7-14)24-20(25)5-6-23-21(26)22-11-16-8-17(12-22)10-18(9-16)13-22/h3-4,7,16-18H,5-6,8-13H2,1-2H3,(H,23,26)(H,24,25). The van der Waals surface area contributed by atoms with E-state index in [1.807, 2.05) is 26.0 Å². The van der Waals surface area contributed by atoms with E-state index in [-0.39, 0.29) is 17.2 Å². The molecule has 0 spiro atoms. The molecule has 5 rings (SSSR count). The van der Waals surface area contributed by atoms with Crippen molar-refractivity contribution in [3.63, 3.8) is 0 Å².